The van der Waals surface area contributed by atoms with E-state index in [9.17, 15) is 14.7 Å². The Morgan fingerprint density at radius 1 is 0.881 bits per heavy atom. The van der Waals surface area contributed by atoms with Crippen LogP contribution in [0.2, 0.25) is 0 Å². The number of hydrogen-bond donors (Lipinski definition) is 1. The molecule has 0 spiro atoms. The van der Waals surface area contributed by atoms with Gasteiger partial charge in [0.2, 0.25) is 6.79 Å². The monoisotopic (exact) mass is 563 g/mol. The van der Waals surface area contributed by atoms with Crippen LogP contribution in [-0.4, -0.2) is 46.3 Å². The molecule has 2 amide bonds. The average Bonchev–Trinajstić information content (AvgIpc) is 3.65. The zero-order valence-electron chi connectivity index (χ0n) is 23.6. The molecule has 3 aromatic carbocycles. The van der Waals surface area contributed by atoms with E-state index in [2.05, 4.69) is 16.7 Å². The number of nitrogens with zero attached hydrogens (tertiary/aromatic N) is 3. The Morgan fingerprint density at radius 3 is 2.43 bits per heavy atom. The second-order valence-electron chi connectivity index (χ2n) is 11.1. The van der Waals surface area contributed by atoms with Gasteiger partial charge in [-0.25, -0.2) is 0 Å². The van der Waals surface area contributed by atoms with E-state index in [1.54, 1.807) is 35.2 Å². The molecule has 3 aliphatic heterocycles. The first-order valence-electron chi connectivity index (χ1n) is 14.6. The van der Waals surface area contributed by atoms with Crippen LogP contribution in [0, 0.1) is 0 Å². The van der Waals surface area contributed by atoms with Gasteiger partial charge in [-0.2, -0.15) is 0 Å². The minimum absolute atomic E-state index is 0.0590. The van der Waals surface area contributed by atoms with Crippen molar-refractivity contribution < 1.29 is 24.2 Å². The molecule has 0 saturated heterocycles. The van der Waals surface area contributed by atoms with Crippen molar-refractivity contribution in [1.82, 2.24) is 9.47 Å². The SMILES string of the molecule is CCN(C(=O)c1cc(-c2cc3c(cc2C(=O)N2CCc4ccccc4C2)OCO3)n2c1CCCC2)c1ccc(O)cc1. The van der Waals surface area contributed by atoms with Crippen LogP contribution >= 0.6 is 0 Å². The van der Waals surface area contributed by atoms with Crippen molar-refractivity contribution in [2.24, 2.45) is 0 Å². The summed E-state index contributed by atoms with van der Waals surface area (Å²) in [7, 11) is 0. The fourth-order valence-corrected chi connectivity index (χ4v) is 6.48. The molecule has 8 nitrogen and oxygen atoms in total. The lowest BCUT2D eigenvalue weighted by Crippen LogP contribution is -2.36. The first-order chi connectivity index (χ1) is 20.5. The van der Waals surface area contributed by atoms with E-state index in [1.165, 1.54) is 11.1 Å². The summed E-state index contributed by atoms with van der Waals surface area (Å²) in [5.41, 5.74) is 6.94. The van der Waals surface area contributed by atoms with Crippen LogP contribution in [0.5, 0.6) is 17.2 Å². The van der Waals surface area contributed by atoms with Gasteiger partial charge in [-0.1, -0.05) is 24.3 Å². The molecule has 0 fully saturated rings. The molecule has 8 heteroatoms. The Bertz CT molecular complexity index is 1690. The number of phenolic OH excluding ortho intramolecular Hbond substituents is 1. The highest BCUT2D eigenvalue weighted by Gasteiger charge is 2.32. The number of ether oxygens (including phenoxy) is 2. The van der Waals surface area contributed by atoms with E-state index < -0.39 is 0 Å². The van der Waals surface area contributed by atoms with Gasteiger partial charge in [0, 0.05) is 48.8 Å². The number of benzene rings is 3. The van der Waals surface area contributed by atoms with E-state index >= 15 is 0 Å². The van der Waals surface area contributed by atoms with Gasteiger partial charge in [0.25, 0.3) is 11.8 Å². The number of amides is 2. The zero-order valence-corrected chi connectivity index (χ0v) is 23.6. The molecule has 4 aromatic rings. The van der Waals surface area contributed by atoms with Gasteiger partial charge in [-0.05, 0) is 86.2 Å². The van der Waals surface area contributed by atoms with Crippen LogP contribution in [0.1, 0.15) is 57.3 Å². The minimum atomic E-state index is -0.0960. The highest BCUT2D eigenvalue weighted by molar-refractivity contribution is 6.09. The third kappa shape index (κ3) is 4.47. The number of carbonyl (C=O) groups excluding carboxylic acids is 2. The van der Waals surface area contributed by atoms with E-state index in [0.717, 1.165) is 54.9 Å². The molecule has 1 aromatic heterocycles. The minimum Gasteiger partial charge on any atom is -0.508 e. The molecule has 0 saturated carbocycles. The van der Waals surface area contributed by atoms with Gasteiger partial charge in [0.1, 0.15) is 5.75 Å². The molecule has 0 atom stereocenters. The average molecular weight is 564 g/mol. The Balaban J connectivity index is 1.32. The smallest absolute Gasteiger partial charge is 0.260 e. The Kier molecular flexibility index (Phi) is 6.61. The summed E-state index contributed by atoms with van der Waals surface area (Å²) in [5, 5.41) is 9.78. The number of anilines is 1. The molecule has 0 aliphatic carbocycles. The molecule has 3 aliphatic rings. The number of aromatic nitrogens is 1. The number of aromatic hydroxyl groups is 1. The van der Waals surface area contributed by atoms with Crippen LogP contribution in [0.15, 0.2) is 66.7 Å². The van der Waals surface area contributed by atoms with Crippen molar-refractivity contribution in [2.45, 2.75) is 45.7 Å². The van der Waals surface area contributed by atoms with Crippen molar-refractivity contribution >= 4 is 17.5 Å². The summed E-state index contributed by atoms with van der Waals surface area (Å²) in [5.74, 6) is 1.16. The molecule has 0 unspecified atom stereocenters. The molecule has 0 bridgehead atoms. The van der Waals surface area contributed by atoms with E-state index in [4.69, 9.17) is 9.47 Å². The summed E-state index contributed by atoms with van der Waals surface area (Å²) in [6.45, 7) is 4.49. The van der Waals surface area contributed by atoms with Crippen LogP contribution in [0.4, 0.5) is 5.69 Å². The highest BCUT2D eigenvalue weighted by Crippen LogP contribution is 2.42. The summed E-state index contributed by atoms with van der Waals surface area (Å²) in [6, 6.07) is 20.6. The predicted octanol–water partition coefficient (Wildman–Crippen LogP) is 5.79. The number of fused-ring (bicyclic) bond motifs is 3. The normalized spacial score (nSPS) is 15.2. The van der Waals surface area contributed by atoms with Crippen LogP contribution in [0.25, 0.3) is 11.3 Å². The van der Waals surface area contributed by atoms with E-state index in [1.807, 2.05) is 36.1 Å². The fraction of sp³-hybridized carbons (Fsp3) is 0.294. The molecule has 7 rings (SSSR count). The second-order valence-corrected chi connectivity index (χ2v) is 11.1. The van der Waals surface area contributed by atoms with Crippen molar-refractivity contribution in [3.05, 3.63) is 94.7 Å². The summed E-state index contributed by atoms with van der Waals surface area (Å²) in [4.78, 5) is 31.9. The Hall–Kier alpha value is -4.72. The first-order valence-corrected chi connectivity index (χ1v) is 14.6. The maximum Gasteiger partial charge on any atom is 0.260 e. The van der Waals surface area contributed by atoms with Crippen molar-refractivity contribution in [1.29, 1.82) is 0 Å². The van der Waals surface area contributed by atoms with Crippen LogP contribution in [0.3, 0.4) is 0 Å². The second kappa shape index (κ2) is 10.6. The quantitative estimate of drug-likeness (QED) is 0.332. The fourth-order valence-electron chi connectivity index (χ4n) is 6.48. The third-order valence-corrected chi connectivity index (χ3v) is 8.64. The van der Waals surface area contributed by atoms with Crippen molar-refractivity contribution in [3.8, 4) is 28.5 Å². The lowest BCUT2D eigenvalue weighted by molar-refractivity contribution is 0.0734. The van der Waals surface area contributed by atoms with Gasteiger partial charge in [0.15, 0.2) is 11.5 Å². The van der Waals surface area contributed by atoms with Crippen LogP contribution < -0.4 is 14.4 Å². The van der Waals surface area contributed by atoms with Crippen LogP contribution in [-0.2, 0) is 25.9 Å². The van der Waals surface area contributed by atoms with Gasteiger partial charge >= 0.3 is 0 Å². The molecule has 42 heavy (non-hydrogen) atoms. The van der Waals surface area contributed by atoms with Gasteiger partial charge < -0.3 is 28.9 Å². The molecular weight excluding hydrogens is 530 g/mol. The van der Waals surface area contributed by atoms with Gasteiger partial charge in [-0.15, -0.1) is 0 Å². The summed E-state index contributed by atoms with van der Waals surface area (Å²) >= 11 is 0. The zero-order chi connectivity index (χ0) is 28.8. The van der Waals surface area contributed by atoms with E-state index in [-0.39, 0.29) is 24.4 Å². The molecular formula is C34H33N3O5. The number of carbonyl (C=O) groups is 2. The largest absolute Gasteiger partial charge is 0.508 e. The predicted molar refractivity (Wildman–Crippen MR) is 159 cm³/mol. The highest BCUT2D eigenvalue weighted by atomic mass is 16.7. The van der Waals surface area contributed by atoms with Crippen molar-refractivity contribution in [2.75, 3.05) is 24.8 Å². The topological polar surface area (TPSA) is 84.2 Å². The third-order valence-electron chi connectivity index (χ3n) is 8.64. The number of phenols is 1. The lowest BCUT2D eigenvalue weighted by Gasteiger charge is -2.30. The number of rotatable bonds is 5. The summed E-state index contributed by atoms with van der Waals surface area (Å²) in [6.07, 6.45) is 3.58. The molecule has 214 valence electrons. The number of hydrogen-bond acceptors (Lipinski definition) is 5. The Morgan fingerprint density at radius 2 is 1.64 bits per heavy atom. The van der Waals surface area contributed by atoms with Crippen molar-refractivity contribution in [3.63, 3.8) is 0 Å². The Labute approximate surface area is 244 Å². The lowest BCUT2D eigenvalue weighted by atomic mass is 9.97. The standard InChI is InChI=1S/C34H33N3O5/c1-2-36(24-10-12-25(38)13-11-24)34(40)28-17-30(37-15-6-5-9-29(28)37)26-18-31-32(42-21-41-31)19-27(26)33(39)35-16-14-22-7-3-4-8-23(22)20-35/h3-4,7-8,10-13,17-19,38H,2,5-6,9,14-16,20-21H2,1H3. The maximum atomic E-state index is 14.2. The van der Waals surface area contributed by atoms with Gasteiger partial charge in [-0.3, -0.25) is 9.59 Å². The molecule has 0 radical (unpaired) electrons. The van der Waals surface area contributed by atoms with E-state index in [0.29, 0.717) is 42.3 Å². The summed E-state index contributed by atoms with van der Waals surface area (Å²) < 4.78 is 13.7. The molecule has 1 N–H and O–H groups in total. The molecule has 4 heterocycles. The first kappa shape index (κ1) is 26.2. The van der Waals surface area contributed by atoms with Gasteiger partial charge in [0.05, 0.1) is 11.1 Å². The maximum absolute atomic E-state index is 14.2.